The molecule has 0 spiro atoms. The van der Waals surface area contributed by atoms with Crippen LogP contribution in [0.5, 0.6) is 5.19 Å². The Morgan fingerprint density at radius 3 is 2.54 bits per heavy atom. The van der Waals surface area contributed by atoms with Crippen LogP contribution < -0.4 is 10.5 Å². The van der Waals surface area contributed by atoms with E-state index < -0.39 is 6.09 Å². The third kappa shape index (κ3) is 2.66. The Bertz CT molecular complexity index is 316. The summed E-state index contributed by atoms with van der Waals surface area (Å²) in [5.74, 6) is 0.647. The maximum absolute atomic E-state index is 10.4. The van der Waals surface area contributed by atoms with Crippen molar-refractivity contribution in [3.63, 3.8) is 0 Å². The van der Waals surface area contributed by atoms with E-state index in [0.29, 0.717) is 5.82 Å². The Morgan fingerprint density at radius 2 is 2.15 bits per heavy atom. The van der Waals surface area contributed by atoms with Crippen LogP contribution in [-0.2, 0) is 5.41 Å². The van der Waals surface area contributed by atoms with Crippen LogP contribution in [0, 0.1) is 0 Å². The first-order valence-corrected chi connectivity index (χ1v) is 4.48. The third-order valence-corrected chi connectivity index (χ3v) is 1.86. The van der Waals surface area contributed by atoms with Gasteiger partial charge in [-0.15, -0.1) is 0 Å². The van der Waals surface area contributed by atoms with Crippen LogP contribution in [0.4, 0.5) is 4.79 Å². The minimum absolute atomic E-state index is 0.143. The highest BCUT2D eigenvalue weighted by Crippen LogP contribution is 2.23. The fourth-order valence-corrected chi connectivity index (χ4v) is 1.37. The summed E-state index contributed by atoms with van der Waals surface area (Å²) in [6, 6.07) is 0. The van der Waals surface area contributed by atoms with Crippen LogP contribution in [0.3, 0.4) is 0 Å². The van der Waals surface area contributed by atoms with E-state index in [0.717, 1.165) is 11.5 Å². The zero-order chi connectivity index (χ0) is 10.1. The van der Waals surface area contributed by atoms with Crippen molar-refractivity contribution in [3.8, 4) is 5.19 Å². The second-order valence-corrected chi connectivity index (χ2v) is 4.27. The molecule has 0 aliphatic carbocycles. The van der Waals surface area contributed by atoms with Gasteiger partial charge in [-0.05, 0) is 0 Å². The van der Waals surface area contributed by atoms with Gasteiger partial charge in [-0.3, -0.25) is 0 Å². The molecule has 0 fully saturated rings. The number of nitrogens with two attached hydrogens (primary N) is 1. The van der Waals surface area contributed by atoms with E-state index in [1.54, 1.807) is 0 Å². The first-order valence-electron chi connectivity index (χ1n) is 3.71. The maximum atomic E-state index is 10.4. The number of primary amides is 1. The Morgan fingerprint density at radius 1 is 1.54 bits per heavy atom. The van der Waals surface area contributed by atoms with E-state index >= 15 is 0 Å². The third-order valence-electron chi connectivity index (χ3n) is 1.27. The zero-order valence-corrected chi connectivity index (χ0v) is 8.51. The van der Waals surface area contributed by atoms with E-state index in [-0.39, 0.29) is 10.6 Å². The van der Waals surface area contributed by atoms with Gasteiger partial charge in [0.2, 0.25) is 0 Å². The lowest BCUT2D eigenvalue weighted by Crippen LogP contribution is -2.17. The van der Waals surface area contributed by atoms with E-state index in [1.165, 1.54) is 0 Å². The second kappa shape index (κ2) is 3.29. The number of hydrogen-bond acceptors (Lipinski definition) is 5. The predicted molar refractivity (Wildman–Crippen MR) is 48.8 cm³/mol. The minimum Gasteiger partial charge on any atom is -0.380 e. The van der Waals surface area contributed by atoms with E-state index in [9.17, 15) is 4.79 Å². The fourth-order valence-electron chi connectivity index (χ4n) is 0.642. The number of rotatable bonds is 1. The Kier molecular flexibility index (Phi) is 2.51. The molecule has 5 nitrogen and oxygen atoms in total. The van der Waals surface area contributed by atoms with Gasteiger partial charge in [0.05, 0.1) is 0 Å². The molecular weight excluding hydrogens is 190 g/mol. The minimum atomic E-state index is -0.864. The van der Waals surface area contributed by atoms with E-state index in [1.807, 2.05) is 20.8 Å². The average molecular weight is 201 g/mol. The van der Waals surface area contributed by atoms with Gasteiger partial charge < -0.3 is 10.5 Å². The summed E-state index contributed by atoms with van der Waals surface area (Å²) in [6.07, 6.45) is -0.864. The number of nitrogens with zero attached hydrogens (tertiary/aromatic N) is 2. The molecule has 0 aliphatic rings. The topological polar surface area (TPSA) is 78.1 Å². The molecule has 0 radical (unpaired) electrons. The van der Waals surface area contributed by atoms with Crippen molar-refractivity contribution < 1.29 is 9.53 Å². The first-order chi connectivity index (χ1) is 5.89. The largest absolute Gasteiger partial charge is 0.411 e. The molecule has 0 saturated heterocycles. The molecule has 72 valence electrons. The standard InChI is InChI=1S/C7H11N3O2S/c1-7(2,3)4-9-6(13-10-4)12-5(8)11/h1-3H3,(H2,8,11). The highest BCUT2D eigenvalue weighted by atomic mass is 32.1. The van der Waals surface area contributed by atoms with Crippen LogP contribution in [0.2, 0.25) is 0 Å². The summed E-state index contributed by atoms with van der Waals surface area (Å²) in [4.78, 5) is 14.4. The number of carbonyl (C=O) groups is 1. The summed E-state index contributed by atoms with van der Waals surface area (Å²) in [7, 11) is 0. The quantitative estimate of drug-likeness (QED) is 0.742. The molecule has 6 heteroatoms. The van der Waals surface area contributed by atoms with Crippen molar-refractivity contribution >= 4 is 17.6 Å². The molecule has 0 saturated carbocycles. The molecule has 13 heavy (non-hydrogen) atoms. The summed E-state index contributed by atoms with van der Waals surface area (Å²) in [5.41, 5.74) is 4.68. The first kappa shape index (κ1) is 9.91. The lowest BCUT2D eigenvalue weighted by molar-refractivity contribution is 0.210. The fraction of sp³-hybridized carbons (Fsp3) is 0.571. The lowest BCUT2D eigenvalue weighted by Gasteiger charge is -2.11. The van der Waals surface area contributed by atoms with Crippen LogP contribution in [-0.4, -0.2) is 15.5 Å². The monoisotopic (exact) mass is 201 g/mol. The number of amides is 1. The number of carbonyl (C=O) groups excluding carboxylic acids is 1. The zero-order valence-electron chi connectivity index (χ0n) is 7.70. The summed E-state index contributed by atoms with van der Waals surface area (Å²) < 4.78 is 8.61. The summed E-state index contributed by atoms with van der Waals surface area (Å²) in [6.45, 7) is 5.93. The van der Waals surface area contributed by atoms with Crippen molar-refractivity contribution in [1.29, 1.82) is 0 Å². The molecule has 1 aromatic rings. The van der Waals surface area contributed by atoms with Crippen LogP contribution in [0.1, 0.15) is 26.6 Å². The van der Waals surface area contributed by atoms with E-state index in [4.69, 9.17) is 5.73 Å². The van der Waals surface area contributed by atoms with Gasteiger partial charge in [-0.25, -0.2) is 4.79 Å². The number of ether oxygens (including phenoxy) is 1. The predicted octanol–water partition coefficient (Wildman–Crippen LogP) is 1.29. The molecule has 0 unspecified atom stereocenters. The molecule has 0 aromatic carbocycles. The normalized spacial score (nSPS) is 11.3. The molecule has 0 bridgehead atoms. The van der Waals surface area contributed by atoms with Gasteiger partial charge in [0.15, 0.2) is 5.82 Å². The number of aromatic nitrogens is 2. The van der Waals surface area contributed by atoms with Gasteiger partial charge >= 0.3 is 11.3 Å². The Labute approximate surface area is 80.1 Å². The molecule has 0 atom stereocenters. The average Bonchev–Trinajstić information content (AvgIpc) is 2.32. The molecular formula is C7H11N3O2S. The van der Waals surface area contributed by atoms with Crippen molar-refractivity contribution in [3.05, 3.63) is 5.82 Å². The van der Waals surface area contributed by atoms with Crippen LogP contribution >= 0.6 is 11.5 Å². The second-order valence-electron chi connectivity index (χ2n) is 3.55. The van der Waals surface area contributed by atoms with E-state index in [2.05, 4.69) is 14.1 Å². The van der Waals surface area contributed by atoms with Crippen molar-refractivity contribution in [1.82, 2.24) is 9.36 Å². The smallest absolute Gasteiger partial charge is 0.380 e. The highest BCUT2D eigenvalue weighted by molar-refractivity contribution is 7.07. The van der Waals surface area contributed by atoms with Gasteiger partial charge in [-0.2, -0.15) is 9.36 Å². The molecule has 1 heterocycles. The van der Waals surface area contributed by atoms with Gasteiger partial charge in [-0.1, -0.05) is 20.8 Å². The molecule has 1 aromatic heterocycles. The van der Waals surface area contributed by atoms with Gasteiger partial charge in [0, 0.05) is 16.9 Å². The Balaban J connectivity index is 2.81. The summed E-state index contributed by atoms with van der Waals surface area (Å²) in [5, 5.41) is 0.192. The van der Waals surface area contributed by atoms with Crippen molar-refractivity contribution in [2.75, 3.05) is 0 Å². The molecule has 0 aliphatic heterocycles. The van der Waals surface area contributed by atoms with Gasteiger partial charge in [0.25, 0.3) is 0 Å². The van der Waals surface area contributed by atoms with Crippen molar-refractivity contribution in [2.24, 2.45) is 5.73 Å². The maximum Gasteiger partial charge on any atom is 0.411 e. The molecule has 1 rings (SSSR count). The lowest BCUT2D eigenvalue weighted by atomic mass is 9.96. The van der Waals surface area contributed by atoms with Crippen molar-refractivity contribution in [2.45, 2.75) is 26.2 Å². The SMILES string of the molecule is CC(C)(C)c1nsc(OC(N)=O)n1. The van der Waals surface area contributed by atoms with Gasteiger partial charge in [0.1, 0.15) is 0 Å². The Hall–Kier alpha value is -1.17. The molecule has 2 N–H and O–H groups in total. The summed E-state index contributed by atoms with van der Waals surface area (Å²) >= 11 is 1.02. The van der Waals surface area contributed by atoms with Crippen LogP contribution in [0.15, 0.2) is 0 Å². The molecule has 1 amide bonds. The highest BCUT2D eigenvalue weighted by Gasteiger charge is 2.20. The van der Waals surface area contributed by atoms with Crippen LogP contribution in [0.25, 0.3) is 0 Å². The number of hydrogen-bond donors (Lipinski definition) is 1.